The lowest BCUT2D eigenvalue weighted by molar-refractivity contribution is 0.386. The smallest absolute Gasteiger partial charge is 0.0276 e. The van der Waals surface area contributed by atoms with E-state index in [1.165, 1.54) is 5.70 Å². The van der Waals surface area contributed by atoms with Crippen LogP contribution in [0.4, 0.5) is 0 Å². The Morgan fingerprint density at radius 2 is 1.69 bits per heavy atom. The van der Waals surface area contributed by atoms with E-state index in [0.29, 0.717) is 6.04 Å². The van der Waals surface area contributed by atoms with Gasteiger partial charge in [0.05, 0.1) is 0 Å². The highest BCUT2D eigenvalue weighted by Gasteiger charge is 2.03. The number of hydrogen-bond donors (Lipinski definition) is 0. The Kier molecular flexibility index (Phi) is 10.2. The maximum absolute atomic E-state index is 3.74. The van der Waals surface area contributed by atoms with Crippen LogP contribution >= 0.6 is 0 Å². The topological polar surface area (TPSA) is 3.24 Å². The van der Waals surface area contributed by atoms with Gasteiger partial charge < -0.3 is 4.90 Å². The fourth-order valence-corrected chi connectivity index (χ4v) is 1.02. The van der Waals surface area contributed by atoms with Gasteiger partial charge in [0, 0.05) is 11.7 Å². The van der Waals surface area contributed by atoms with E-state index in [9.17, 15) is 0 Å². The quantitative estimate of drug-likeness (QED) is 0.593. The minimum absolute atomic E-state index is 0.462. The monoisotopic (exact) mass is 181 g/mol. The molecule has 0 rings (SSSR count). The Hall–Kier alpha value is -0.980. The van der Waals surface area contributed by atoms with Gasteiger partial charge in [-0.2, -0.15) is 0 Å². The molecule has 0 aliphatic carbocycles. The van der Waals surface area contributed by atoms with Gasteiger partial charge in [-0.25, -0.2) is 0 Å². The molecule has 0 aromatic rings. The van der Waals surface area contributed by atoms with Crippen LogP contribution in [-0.4, -0.2) is 10.9 Å². The normalized spacial score (nSPS) is 10.2. The summed E-state index contributed by atoms with van der Waals surface area (Å²) in [6.07, 6.45) is 5.59. The van der Waals surface area contributed by atoms with E-state index in [-0.39, 0.29) is 0 Å². The minimum Gasteiger partial charge on any atom is -0.350 e. The maximum Gasteiger partial charge on any atom is 0.0276 e. The fourth-order valence-electron chi connectivity index (χ4n) is 1.02. The zero-order valence-electron chi connectivity index (χ0n) is 9.67. The van der Waals surface area contributed by atoms with E-state index in [2.05, 4.69) is 31.9 Å². The molecule has 76 valence electrons. The second-order valence-electron chi connectivity index (χ2n) is 2.73. The molecule has 0 atom stereocenters. The van der Waals surface area contributed by atoms with E-state index in [4.69, 9.17) is 0 Å². The van der Waals surface area contributed by atoms with Crippen LogP contribution in [-0.2, 0) is 0 Å². The lowest BCUT2D eigenvalue weighted by Crippen LogP contribution is -2.22. The van der Waals surface area contributed by atoms with Crippen molar-refractivity contribution in [3.8, 4) is 0 Å². The van der Waals surface area contributed by atoms with Crippen molar-refractivity contribution in [2.24, 2.45) is 0 Å². The zero-order valence-corrected chi connectivity index (χ0v) is 9.67. The lowest BCUT2D eigenvalue weighted by Gasteiger charge is -2.24. The minimum atomic E-state index is 0.462. The standard InChI is InChI=1S/C10H17N.C2H6/c1-6-8-10(5)11(7-2)9(3)4;1-2/h6-9H,1-2H2,3-5H3;1-2H3/b10-8+;. The molecule has 0 amide bonds. The SMILES string of the molecule is C=C/C=C(\C)N(C=C)C(C)C.CC. The first kappa shape index (κ1) is 14.5. The van der Waals surface area contributed by atoms with Gasteiger partial charge in [-0.3, -0.25) is 0 Å². The van der Waals surface area contributed by atoms with Gasteiger partial charge in [0.15, 0.2) is 0 Å². The number of nitrogens with zero attached hydrogens (tertiary/aromatic N) is 1. The van der Waals surface area contributed by atoms with Crippen LogP contribution in [0.15, 0.2) is 37.2 Å². The molecule has 0 aliphatic rings. The van der Waals surface area contributed by atoms with Crippen molar-refractivity contribution in [3.05, 3.63) is 37.2 Å². The van der Waals surface area contributed by atoms with Crippen molar-refractivity contribution < 1.29 is 0 Å². The molecular formula is C12H23N. The number of allylic oxidation sites excluding steroid dienone is 3. The molecule has 0 heterocycles. The predicted molar refractivity (Wildman–Crippen MR) is 62.5 cm³/mol. The van der Waals surface area contributed by atoms with Gasteiger partial charge in [-0.05, 0) is 33.0 Å². The van der Waals surface area contributed by atoms with Crippen LogP contribution in [0, 0.1) is 0 Å². The molecule has 0 saturated heterocycles. The summed E-state index contributed by atoms with van der Waals surface area (Å²) in [5.74, 6) is 0. The summed E-state index contributed by atoms with van der Waals surface area (Å²) in [7, 11) is 0. The molecule has 1 heteroatoms. The highest BCUT2D eigenvalue weighted by Crippen LogP contribution is 2.08. The number of hydrogen-bond acceptors (Lipinski definition) is 1. The van der Waals surface area contributed by atoms with Gasteiger partial charge in [0.2, 0.25) is 0 Å². The van der Waals surface area contributed by atoms with Crippen molar-refractivity contribution in [2.75, 3.05) is 0 Å². The highest BCUT2D eigenvalue weighted by molar-refractivity contribution is 5.09. The Labute approximate surface area is 83.5 Å². The molecule has 13 heavy (non-hydrogen) atoms. The lowest BCUT2D eigenvalue weighted by atomic mass is 10.3. The Bertz CT molecular complexity index is 166. The first-order valence-corrected chi connectivity index (χ1v) is 4.83. The third-order valence-corrected chi connectivity index (χ3v) is 1.52. The average molecular weight is 181 g/mol. The summed E-state index contributed by atoms with van der Waals surface area (Å²) in [6.45, 7) is 17.7. The molecule has 0 fully saturated rings. The summed E-state index contributed by atoms with van der Waals surface area (Å²) < 4.78 is 0. The Balaban J connectivity index is 0. The average Bonchev–Trinajstić information content (AvgIpc) is 2.09. The Morgan fingerprint density at radius 1 is 1.23 bits per heavy atom. The van der Waals surface area contributed by atoms with E-state index in [0.717, 1.165) is 0 Å². The largest absolute Gasteiger partial charge is 0.350 e. The van der Waals surface area contributed by atoms with Crippen LogP contribution < -0.4 is 0 Å². The van der Waals surface area contributed by atoms with E-state index < -0.39 is 0 Å². The number of rotatable bonds is 4. The van der Waals surface area contributed by atoms with Crippen LogP contribution in [0.1, 0.15) is 34.6 Å². The van der Waals surface area contributed by atoms with Crippen LogP contribution in [0.5, 0.6) is 0 Å². The van der Waals surface area contributed by atoms with Crippen LogP contribution in [0.25, 0.3) is 0 Å². The molecule has 0 N–H and O–H groups in total. The van der Waals surface area contributed by atoms with Gasteiger partial charge in [-0.15, -0.1) is 0 Å². The highest BCUT2D eigenvalue weighted by atomic mass is 15.1. The second kappa shape index (κ2) is 9.11. The van der Waals surface area contributed by atoms with Crippen molar-refractivity contribution in [1.82, 2.24) is 4.90 Å². The molecule has 0 aromatic carbocycles. The third-order valence-electron chi connectivity index (χ3n) is 1.52. The van der Waals surface area contributed by atoms with E-state index in [1.807, 2.05) is 33.0 Å². The second-order valence-corrected chi connectivity index (χ2v) is 2.73. The molecule has 0 bridgehead atoms. The summed E-state index contributed by atoms with van der Waals surface area (Å²) in [6, 6.07) is 0.462. The molecule has 0 unspecified atom stereocenters. The van der Waals surface area contributed by atoms with Gasteiger partial charge in [0.1, 0.15) is 0 Å². The van der Waals surface area contributed by atoms with Gasteiger partial charge >= 0.3 is 0 Å². The van der Waals surface area contributed by atoms with E-state index >= 15 is 0 Å². The van der Waals surface area contributed by atoms with Crippen LogP contribution in [0.3, 0.4) is 0 Å². The summed E-state index contributed by atoms with van der Waals surface area (Å²) in [5.41, 5.74) is 1.17. The summed E-state index contributed by atoms with van der Waals surface area (Å²) >= 11 is 0. The van der Waals surface area contributed by atoms with Gasteiger partial charge in [-0.1, -0.05) is 33.1 Å². The molecule has 0 spiro atoms. The summed E-state index contributed by atoms with van der Waals surface area (Å²) in [4.78, 5) is 2.10. The Morgan fingerprint density at radius 3 is 1.92 bits per heavy atom. The van der Waals surface area contributed by atoms with Crippen molar-refractivity contribution in [1.29, 1.82) is 0 Å². The maximum atomic E-state index is 3.74. The third kappa shape index (κ3) is 6.21. The van der Waals surface area contributed by atoms with Crippen molar-refractivity contribution >= 4 is 0 Å². The molecule has 0 radical (unpaired) electrons. The first-order chi connectivity index (χ1) is 6.13. The molecule has 0 aromatic heterocycles. The fraction of sp³-hybridized carbons (Fsp3) is 0.500. The summed E-state index contributed by atoms with van der Waals surface area (Å²) in [5, 5.41) is 0. The predicted octanol–water partition coefficient (Wildman–Crippen LogP) is 3.96. The van der Waals surface area contributed by atoms with Crippen LogP contribution in [0.2, 0.25) is 0 Å². The zero-order chi connectivity index (χ0) is 10.9. The molecule has 0 saturated carbocycles. The van der Waals surface area contributed by atoms with Gasteiger partial charge in [0.25, 0.3) is 0 Å². The van der Waals surface area contributed by atoms with Crippen molar-refractivity contribution in [2.45, 2.75) is 40.7 Å². The molecular weight excluding hydrogens is 158 g/mol. The van der Waals surface area contributed by atoms with E-state index in [1.54, 1.807) is 6.08 Å². The molecule has 0 aliphatic heterocycles. The first-order valence-electron chi connectivity index (χ1n) is 4.83. The van der Waals surface area contributed by atoms with Crippen molar-refractivity contribution in [3.63, 3.8) is 0 Å². The molecule has 1 nitrogen and oxygen atoms in total.